The minimum atomic E-state index is -1.57. The summed E-state index contributed by atoms with van der Waals surface area (Å²) in [4.78, 5) is 25.0. The Hall–Kier alpha value is -1.86. The number of ether oxygens (including phenoxy) is 3. The van der Waals surface area contributed by atoms with Gasteiger partial charge < -0.3 is 45.1 Å². The molecule has 0 saturated carbocycles. The van der Waals surface area contributed by atoms with Crippen molar-refractivity contribution in [2.75, 3.05) is 19.8 Å². The van der Waals surface area contributed by atoms with Gasteiger partial charge in [0.15, 0.2) is 6.29 Å². The largest absolute Gasteiger partial charge is 0.466 e. The van der Waals surface area contributed by atoms with E-state index >= 15 is 0 Å². The van der Waals surface area contributed by atoms with Gasteiger partial charge >= 0.3 is 5.97 Å². The molecular formula is C59H111NO10. The van der Waals surface area contributed by atoms with E-state index in [1.807, 2.05) is 6.08 Å². The second kappa shape index (κ2) is 49.4. The second-order valence-electron chi connectivity index (χ2n) is 20.7. The SMILES string of the molecule is CCCCCCCCCCCCC/C=C/C(O)C(COC1OC(CO)C(O)C(O)C1O)NC(=O)CCCCCCC/C=C\CCCCCCCCCCCOC(=O)CCCCCCCCCCCCC. The monoisotopic (exact) mass is 994 g/mol. The van der Waals surface area contributed by atoms with Crippen LogP contribution in [-0.4, -0.2) is 100 Å². The zero-order valence-electron chi connectivity index (χ0n) is 45.2. The number of unbranched alkanes of at least 4 members (excludes halogenated alkanes) is 35. The van der Waals surface area contributed by atoms with E-state index in [0.29, 0.717) is 19.4 Å². The van der Waals surface area contributed by atoms with Crippen LogP contribution < -0.4 is 5.32 Å². The van der Waals surface area contributed by atoms with E-state index in [4.69, 9.17) is 14.2 Å². The lowest BCUT2D eigenvalue weighted by molar-refractivity contribution is -0.302. The van der Waals surface area contributed by atoms with Crippen LogP contribution in [0.5, 0.6) is 0 Å². The first-order chi connectivity index (χ1) is 34.2. The minimum absolute atomic E-state index is 0.0130. The van der Waals surface area contributed by atoms with Crippen LogP contribution in [0.4, 0.5) is 0 Å². The molecule has 1 saturated heterocycles. The summed E-state index contributed by atoms with van der Waals surface area (Å²) in [6.45, 7) is 4.32. The van der Waals surface area contributed by atoms with Crippen LogP contribution in [0.15, 0.2) is 24.3 Å². The first-order valence-corrected chi connectivity index (χ1v) is 29.6. The van der Waals surface area contributed by atoms with Crippen molar-refractivity contribution in [1.82, 2.24) is 5.32 Å². The molecule has 0 bridgehead atoms. The summed E-state index contributed by atoms with van der Waals surface area (Å²) >= 11 is 0. The van der Waals surface area contributed by atoms with Gasteiger partial charge in [-0.25, -0.2) is 0 Å². The van der Waals surface area contributed by atoms with Crippen molar-refractivity contribution >= 4 is 11.9 Å². The maximum atomic E-state index is 13.0. The predicted molar refractivity (Wildman–Crippen MR) is 288 cm³/mol. The quantitative estimate of drug-likeness (QED) is 0.0195. The average Bonchev–Trinajstić information content (AvgIpc) is 3.36. The molecule has 0 aromatic rings. The lowest BCUT2D eigenvalue weighted by Gasteiger charge is -2.40. The molecule has 70 heavy (non-hydrogen) atoms. The highest BCUT2D eigenvalue weighted by molar-refractivity contribution is 5.76. The van der Waals surface area contributed by atoms with Crippen LogP contribution in [0.1, 0.15) is 277 Å². The van der Waals surface area contributed by atoms with Crippen LogP contribution in [0, 0.1) is 0 Å². The van der Waals surface area contributed by atoms with Gasteiger partial charge in [0.25, 0.3) is 0 Å². The fraction of sp³-hybridized carbons (Fsp3) is 0.898. The normalized spacial score (nSPS) is 19.3. The summed E-state index contributed by atoms with van der Waals surface area (Å²) in [7, 11) is 0. The smallest absolute Gasteiger partial charge is 0.305 e. The molecule has 11 nitrogen and oxygen atoms in total. The Morgan fingerprint density at radius 3 is 1.37 bits per heavy atom. The highest BCUT2D eigenvalue weighted by atomic mass is 16.7. The number of esters is 1. The molecule has 1 fully saturated rings. The number of aliphatic hydroxyl groups excluding tert-OH is 5. The predicted octanol–water partition coefficient (Wildman–Crippen LogP) is 13.3. The number of hydrogen-bond donors (Lipinski definition) is 6. The van der Waals surface area contributed by atoms with E-state index in [2.05, 4.69) is 31.3 Å². The summed E-state index contributed by atoms with van der Waals surface area (Å²) in [5.41, 5.74) is 0. The van der Waals surface area contributed by atoms with Gasteiger partial charge in [-0.15, -0.1) is 0 Å². The third kappa shape index (κ3) is 38.7. The highest BCUT2D eigenvalue weighted by Gasteiger charge is 2.44. The highest BCUT2D eigenvalue weighted by Crippen LogP contribution is 2.23. The lowest BCUT2D eigenvalue weighted by atomic mass is 9.99. The first-order valence-electron chi connectivity index (χ1n) is 29.6. The number of carbonyl (C=O) groups is 2. The van der Waals surface area contributed by atoms with Crippen LogP contribution >= 0.6 is 0 Å². The van der Waals surface area contributed by atoms with Gasteiger partial charge in [-0.1, -0.05) is 231 Å². The minimum Gasteiger partial charge on any atom is -0.466 e. The Kier molecular flexibility index (Phi) is 46.6. The van der Waals surface area contributed by atoms with Gasteiger partial charge in [0, 0.05) is 12.8 Å². The third-order valence-corrected chi connectivity index (χ3v) is 14.1. The van der Waals surface area contributed by atoms with Gasteiger partial charge in [0.2, 0.25) is 5.91 Å². The van der Waals surface area contributed by atoms with E-state index in [1.165, 1.54) is 161 Å². The molecule has 0 aliphatic carbocycles. The summed E-state index contributed by atoms with van der Waals surface area (Å²) in [6, 6.07) is -0.819. The van der Waals surface area contributed by atoms with E-state index in [1.54, 1.807) is 6.08 Å². The summed E-state index contributed by atoms with van der Waals surface area (Å²) in [5.74, 6) is -0.208. The first kappa shape index (κ1) is 66.2. The fourth-order valence-electron chi connectivity index (χ4n) is 9.31. The summed E-state index contributed by atoms with van der Waals surface area (Å²) in [6.07, 6.45) is 48.3. The number of nitrogens with one attached hydrogen (secondary N) is 1. The maximum absolute atomic E-state index is 13.0. The molecule has 0 radical (unpaired) electrons. The standard InChI is InChI=1S/C59H111NO10/c1-3-5-7-9-11-13-15-22-26-29-33-37-41-45-52(62)51(50-69-59-58(67)57(66)56(65)53(49-61)70-59)60-54(63)46-42-38-34-30-27-23-20-18-16-17-19-21-24-28-32-36-40-44-48-68-55(64)47-43-39-35-31-25-14-12-10-8-6-4-2/h18,20,41,45,51-53,56-59,61-62,65-67H,3-17,19,21-40,42-44,46-50H2,1-2H3,(H,60,63)/b20-18-,45-41+. The molecule has 0 aromatic heterocycles. The van der Waals surface area contributed by atoms with Crippen LogP contribution in [0.2, 0.25) is 0 Å². The molecule has 0 aromatic carbocycles. The number of allylic oxidation sites excluding steroid dienone is 3. The van der Waals surface area contributed by atoms with E-state index in [-0.39, 0.29) is 18.5 Å². The molecule has 412 valence electrons. The molecule has 1 aliphatic rings. The number of hydrogen-bond acceptors (Lipinski definition) is 10. The Bertz CT molecular complexity index is 1220. The molecule has 7 atom stereocenters. The molecule has 1 heterocycles. The molecule has 0 spiro atoms. The molecule has 1 aliphatic heterocycles. The van der Waals surface area contributed by atoms with Crippen LogP contribution in [-0.2, 0) is 23.8 Å². The zero-order chi connectivity index (χ0) is 51.0. The topological polar surface area (TPSA) is 175 Å². The lowest BCUT2D eigenvalue weighted by Crippen LogP contribution is -2.60. The van der Waals surface area contributed by atoms with Crippen molar-refractivity contribution in [2.45, 2.75) is 320 Å². The molecule has 1 rings (SSSR count). The molecule has 6 N–H and O–H groups in total. The molecule has 11 heteroatoms. The Labute approximate surface area is 429 Å². The van der Waals surface area contributed by atoms with Gasteiger partial charge in [-0.05, 0) is 57.8 Å². The van der Waals surface area contributed by atoms with Crippen molar-refractivity contribution in [2.24, 2.45) is 0 Å². The second-order valence-corrected chi connectivity index (χ2v) is 20.7. The van der Waals surface area contributed by atoms with Gasteiger partial charge in [-0.2, -0.15) is 0 Å². The van der Waals surface area contributed by atoms with Gasteiger partial charge in [0.05, 0.1) is 32.0 Å². The number of aliphatic hydroxyl groups is 5. The van der Waals surface area contributed by atoms with Gasteiger partial charge in [0.1, 0.15) is 24.4 Å². The Balaban J connectivity index is 2.12. The molecule has 7 unspecified atom stereocenters. The van der Waals surface area contributed by atoms with Crippen LogP contribution in [0.3, 0.4) is 0 Å². The Morgan fingerprint density at radius 2 is 0.914 bits per heavy atom. The van der Waals surface area contributed by atoms with Crippen LogP contribution in [0.25, 0.3) is 0 Å². The number of rotatable bonds is 51. The zero-order valence-corrected chi connectivity index (χ0v) is 45.2. The molecule has 1 amide bonds. The summed E-state index contributed by atoms with van der Waals surface area (Å²) < 4.78 is 16.7. The van der Waals surface area contributed by atoms with Crippen molar-refractivity contribution < 1.29 is 49.3 Å². The van der Waals surface area contributed by atoms with Crippen molar-refractivity contribution in [1.29, 1.82) is 0 Å². The van der Waals surface area contributed by atoms with Crippen molar-refractivity contribution in [3.8, 4) is 0 Å². The maximum Gasteiger partial charge on any atom is 0.305 e. The van der Waals surface area contributed by atoms with E-state index < -0.39 is 49.5 Å². The number of carbonyl (C=O) groups excluding carboxylic acids is 2. The summed E-state index contributed by atoms with van der Waals surface area (Å²) in [5, 5.41) is 54.4. The van der Waals surface area contributed by atoms with E-state index in [0.717, 1.165) is 89.9 Å². The fourth-order valence-corrected chi connectivity index (χ4v) is 9.31. The van der Waals surface area contributed by atoms with Crippen molar-refractivity contribution in [3.63, 3.8) is 0 Å². The van der Waals surface area contributed by atoms with Crippen molar-refractivity contribution in [3.05, 3.63) is 24.3 Å². The third-order valence-electron chi connectivity index (χ3n) is 14.1. The average molecular weight is 995 g/mol. The Morgan fingerprint density at radius 1 is 0.514 bits per heavy atom. The van der Waals surface area contributed by atoms with Gasteiger partial charge in [-0.3, -0.25) is 9.59 Å². The number of amides is 1. The van der Waals surface area contributed by atoms with E-state index in [9.17, 15) is 35.1 Å². The molecular weight excluding hydrogens is 883 g/mol.